The second-order valence-electron chi connectivity index (χ2n) is 7.37. The summed E-state index contributed by atoms with van der Waals surface area (Å²) in [5.41, 5.74) is 4.33. The highest BCUT2D eigenvalue weighted by atomic mass is 16.5. The molecule has 0 saturated carbocycles. The third-order valence-corrected chi connectivity index (χ3v) is 5.44. The molecule has 0 aliphatic carbocycles. The first-order chi connectivity index (χ1) is 14.3. The van der Waals surface area contributed by atoms with Crippen molar-refractivity contribution in [1.82, 2.24) is 20.3 Å². The zero-order valence-electron chi connectivity index (χ0n) is 16.0. The second kappa shape index (κ2) is 7.81. The summed E-state index contributed by atoms with van der Waals surface area (Å²) in [4.78, 5) is 24.7. The molecule has 8 heteroatoms. The van der Waals surface area contributed by atoms with Gasteiger partial charge in [-0.1, -0.05) is 6.07 Å². The summed E-state index contributed by atoms with van der Waals surface area (Å²) < 4.78 is 11.0. The molecule has 3 N–H and O–H groups in total. The molecule has 1 aromatic carbocycles. The average molecular weight is 393 g/mol. The zero-order chi connectivity index (χ0) is 19.6. The Morgan fingerprint density at radius 2 is 2.00 bits per heavy atom. The number of hydrogen-bond acceptors (Lipinski definition) is 6. The zero-order valence-corrected chi connectivity index (χ0v) is 16.0. The van der Waals surface area contributed by atoms with E-state index in [1.54, 1.807) is 0 Å². The quantitative estimate of drug-likeness (QED) is 0.632. The van der Waals surface area contributed by atoms with E-state index in [1.807, 2.05) is 30.6 Å². The summed E-state index contributed by atoms with van der Waals surface area (Å²) in [6, 6.07) is 6.17. The minimum atomic E-state index is -0.0547. The fraction of sp³-hybridized carbons (Fsp3) is 0.381. The Balaban J connectivity index is 1.44. The van der Waals surface area contributed by atoms with Crippen molar-refractivity contribution < 1.29 is 14.3 Å². The predicted molar refractivity (Wildman–Crippen MR) is 109 cm³/mol. The molecular weight excluding hydrogens is 370 g/mol. The topological polar surface area (TPSA) is 101 Å². The summed E-state index contributed by atoms with van der Waals surface area (Å²) in [6.07, 6.45) is 5.70. The number of aromatic nitrogens is 3. The number of benzene rings is 1. The Morgan fingerprint density at radius 3 is 2.90 bits per heavy atom. The molecule has 29 heavy (non-hydrogen) atoms. The molecule has 1 saturated heterocycles. The molecule has 4 heterocycles. The van der Waals surface area contributed by atoms with Crippen molar-refractivity contribution in [2.75, 3.05) is 31.7 Å². The van der Waals surface area contributed by atoms with Crippen LogP contribution >= 0.6 is 0 Å². The summed E-state index contributed by atoms with van der Waals surface area (Å²) in [5, 5.41) is 7.20. The van der Waals surface area contributed by atoms with E-state index in [0.717, 1.165) is 53.8 Å². The standard InChI is InChI=1S/C21H23N5O3/c27-20-16-2-1-13(9-14(16)12-29-8-5-22-20)17-10-23-19-18(17)11-24-21(26-19)25-15-3-6-28-7-4-15/h1-2,9-11,15H,3-8,12H2,(H,22,27)(H2,23,24,25,26). The monoisotopic (exact) mass is 393 g/mol. The molecule has 3 aromatic rings. The largest absolute Gasteiger partial charge is 0.381 e. The van der Waals surface area contributed by atoms with E-state index in [9.17, 15) is 4.79 Å². The first-order valence-electron chi connectivity index (χ1n) is 9.95. The van der Waals surface area contributed by atoms with Crippen LogP contribution in [-0.2, 0) is 16.1 Å². The highest BCUT2D eigenvalue weighted by Gasteiger charge is 2.18. The molecule has 1 amide bonds. The Bertz CT molecular complexity index is 1040. The molecule has 0 spiro atoms. The van der Waals surface area contributed by atoms with Crippen molar-refractivity contribution in [3.63, 3.8) is 0 Å². The molecule has 5 rings (SSSR count). The third kappa shape index (κ3) is 3.68. The lowest BCUT2D eigenvalue weighted by atomic mass is 9.99. The van der Waals surface area contributed by atoms with Crippen molar-refractivity contribution in [3.8, 4) is 11.1 Å². The highest BCUT2D eigenvalue weighted by Crippen LogP contribution is 2.30. The number of hydrogen-bond donors (Lipinski definition) is 3. The maximum atomic E-state index is 12.3. The van der Waals surface area contributed by atoms with Crippen LogP contribution in [0.4, 0.5) is 5.95 Å². The average Bonchev–Trinajstić information content (AvgIpc) is 3.16. The maximum absolute atomic E-state index is 12.3. The molecule has 2 aliphatic rings. The van der Waals surface area contributed by atoms with Gasteiger partial charge in [-0.25, -0.2) is 4.98 Å². The number of ether oxygens (including phenoxy) is 2. The fourth-order valence-corrected chi connectivity index (χ4v) is 3.86. The SMILES string of the molecule is O=C1NCCOCc2cc(-c3c[nH]c4nc(NC5CCOCC5)ncc34)ccc21. The number of H-pyrrole nitrogens is 1. The highest BCUT2D eigenvalue weighted by molar-refractivity contribution is 5.98. The van der Waals surface area contributed by atoms with Crippen molar-refractivity contribution in [3.05, 3.63) is 41.7 Å². The Hall–Kier alpha value is -2.97. The van der Waals surface area contributed by atoms with Gasteiger partial charge < -0.3 is 25.1 Å². The van der Waals surface area contributed by atoms with Crippen LogP contribution < -0.4 is 10.6 Å². The van der Waals surface area contributed by atoms with Crippen LogP contribution in [0.25, 0.3) is 22.2 Å². The first kappa shape index (κ1) is 18.1. The molecule has 1 fully saturated rings. The summed E-state index contributed by atoms with van der Waals surface area (Å²) in [5.74, 6) is 0.571. The number of carbonyl (C=O) groups excluding carboxylic acids is 1. The summed E-state index contributed by atoms with van der Waals surface area (Å²) >= 11 is 0. The van der Waals surface area contributed by atoms with Crippen LogP contribution in [0.5, 0.6) is 0 Å². The summed E-state index contributed by atoms with van der Waals surface area (Å²) in [7, 11) is 0. The number of nitrogens with one attached hydrogen (secondary N) is 3. The van der Waals surface area contributed by atoms with Crippen LogP contribution in [0, 0.1) is 0 Å². The first-order valence-corrected chi connectivity index (χ1v) is 9.95. The minimum absolute atomic E-state index is 0.0547. The molecule has 0 atom stereocenters. The van der Waals surface area contributed by atoms with E-state index in [4.69, 9.17) is 9.47 Å². The lowest BCUT2D eigenvalue weighted by molar-refractivity contribution is 0.0855. The van der Waals surface area contributed by atoms with Crippen LogP contribution in [-0.4, -0.2) is 53.3 Å². The number of aromatic amines is 1. The number of fused-ring (bicyclic) bond motifs is 2. The molecule has 2 aliphatic heterocycles. The Kier molecular flexibility index (Phi) is 4.87. The van der Waals surface area contributed by atoms with Gasteiger partial charge in [0.05, 0.1) is 13.2 Å². The second-order valence-corrected chi connectivity index (χ2v) is 7.37. The van der Waals surface area contributed by atoms with Crippen LogP contribution in [0.2, 0.25) is 0 Å². The van der Waals surface area contributed by atoms with E-state index in [0.29, 0.717) is 37.3 Å². The van der Waals surface area contributed by atoms with Crippen LogP contribution in [0.3, 0.4) is 0 Å². The van der Waals surface area contributed by atoms with Gasteiger partial charge in [0.2, 0.25) is 5.95 Å². The summed E-state index contributed by atoms with van der Waals surface area (Å²) in [6.45, 7) is 3.01. The lowest BCUT2D eigenvalue weighted by Crippen LogP contribution is -2.30. The Labute approximate surface area is 168 Å². The van der Waals surface area contributed by atoms with Crippen molar-refractivity contribution in [1.29, 1.82) is 0 Å². The van der Waals surface area contributed by atoms with Gasteiger partial charge in [-0.2, -0.15) is 4.98 Å². The molecule has 2 aromatic heterocycles. The molecular formula is C21H23N5O3. The Morgan fingerprint density at radius 1 is 1.10 bits per heavy atom. The number of rotatable bonds is 3. The van der Waals surface area contributed by atoms with E-state index in [1.165, 1.54) is 0 Å². The van der Waals surface area contributed by atoms with Gasteiger partial charge in [0.1, 0.15) is 5.65 Å². The minimum Gasteiger partial charge on any atom is -0.381 e. The molecule has 0 bridgehead atoms. The van der Waals surface area contributed by atoms with Crippen molar-refractivity contribution >= 4 is 22.9 Å². The normalized spacial score (nSPS) is 18.0. The molecule has 150 valence electrons. The predicted octanol–water partition coefficient (Wildman–Crippen LogP) is 2.48. The van der Waals surface area contributed by atoms with Gasteiger partial charge >= 0.3 is 0 Å². The van der Waals surface area contributed by atoms with Crippen LogP contribution in [0.15, 0.2) is 30.6 Å². The van der Waals surface area contributed by atoms with E-state index in [-0.39, 0.29) is 5.91 Å². The molecule has 0 radical (unpaired) electrons. The van der Waals surface area contributed by atoms with Gasteiger partial charge in [0, 0.05) is 54.7 Å². The number of amides is 1. The lowest BCUT2D eigenvalue weighted by Gasteiger charge is -2.22. The van der Waals surface area contributed by atoms with E-state index in [2.05, 4.69) is 25.6 Å². The van der Waals surface area contributed by atoms with Gasteiger partial charge in [0.15, 0.2) is 0 Å². The number of carbonyl (C=O) groups is 1. The smallest absolute Gasteiger partial charge is 0.251 e. The van der Waals surface area contributed by atoms with Crippen LogP contribution in [0.1, 0.15) is 28.8 Å². The number of anilines is 1. The third-order valence-electron chi connectivity index (χ3n) is 5.44. The number of nitrogens with zero attached hydrogens (tertiary/aromatic N) is 2. The fourth-order valence-electron chi connectivity index (χ4n) is 3.86. The maximum Gasteiger partial charge on any atom is 0.251 e. The van der Waals surface area contributed by atoms with Gasteiger partial charge in [-0.3, -0.25) is 4.79 Å². The van der Waals surface area contributed by atoms with E-state index < -0.39 is 0 Å². The molecule has 0 unspecified atom stereocenters. The van der Waals surface area contributed by atoms with Crippen molar-refractivity contribution in [2.45, 2.75) is 25.5 Å². The van der Waals surface area contributed by atoms with Gasteiger partial charge in [-0.15, -0.1) is 0 Å². The van der Waals surface area contributed by atoms with Gasteiger partial charge in [-0.05, 0) is 36.1 Å². The van der Waals surface area contributed by atoms with Crippen molar-refractivity contribution in [2.24, 2.45) is 0 Å². The molecule has 8 nitrogen and oxygen atoms in total. The van der Waals surface area contributed by atoms with Gasteiger partial charge in [0.25, 0.3) is 5.91 Å². The van der Waals surface area contributed by atoms with E-state index >= 15 is 0 Å².